The zero-order chi connectivity index (χ0) is 19.5. The molecule has 4 rings (SSSR count). The summed E-state index contributed by atoms with van der Waals surface area (Å²) in [6, 6.07) is 19.5. The van der Waals surface area contributed by atoms with Crippen LogP contribution in [0.25, 0.3) is 16.6 Å². The van der Waals surface area contributed by atoms with Crippen LogP contribution in [0.3, 0.4) is 0 Å². The second kappa shape index (κ2) is 7.74. The van der Waals surface area contributed by atoms with E-state index >= 15 is 0 Å². The van der Waals surface area contributed by atoms with Gasteiger partial charge in [0.25, 0.3) is 5.56 Å². The Morgan fingerprint density at radius 1 is 1.04 bits per heavy atom. The topological polar surface area (TPSA) is 74.1 Å². The minimum atomic E-state index is -1.57. The summed E-state index contributed by atoms with van der Waals surface area (Å²) < 4.78 is 19.8. The molecule has 2 heterocycles. The highest BCUT2D eigenvalue weighted by atomic mass is 32.2. The number of methoxy groups -OCH3 is 1. The van der Waals surface area contributed by atoms with Crippen molar-refractivity contribution in [2.45, 2.75) is 10.9 Å². The number of fused-ring (bicyclic) bond motifs is 1. The van der Waals surface area contributed by atoms with Gasteiger partial charge in [-0.3, -0.25) is 18.6 Å². The second-order valence-electron chi connectivity index (χ2n) is 6.06. The maximum Gasteiger partial charge on any atom is 0.266 e. The first-order valence-electron chi connectivity index (χ1n) is 8.62. The van der Waals surface area contributed by atoms with Crippen molar-refractivity contribution in [3.8, 4) is 11.4 Å². The molecule has 0 fully saturated rings. The van der Waals surface area contributed by atoms with Gasteiger partial charge in [-0.1, -0.05) is 24.3 Å². The number of ether oxygens (including phenoxy) is 1. The van der Waals surface area contributed by atoms with Crippen LogP contribution in [0.15, 0.2) is 82.9 Å². The zero-order valence-corrected chi connectivity index (χ0v) is 15.9. The van der Waals surface area contributed by atoms with E-state index in [1.165, 1.54) is 4.57 Å². The van der Waals surface area contributed by atoms with Gasteiger partial charge in [-0.25, -0.2) is 4.98 Å². The minimum absolute atomic E-state index is 0.162. The molecule has 0 aliphatic heterocycles. The fraction of sp³-hybridized carbons (Fsp3) is 0.0952. The fourth-order valence-corrected chi connectivity index (χ4v) is 4.09. The molecule has 4 aromatic rings. The van der Waals surface area contributed by atoms with E-state index in [1.54, 1.807) is 74.0 Å². The van der Waals surface area contributed by atoms with E-state index in [0.29, 0.717) is 28.0 Å². The lowest BCUT2D eigenvalue weighted by atomic mass is 10.2. The molecule has 140 valence electrons. The molecule has 7 heteroatoms. The van der Waals surface area contributed by atoms with Gasteiger partial charge in [0.2, 0.25) is 5.16 Å². The van der Waals surface area contributed by atoms with Gasteiger partial charge in [-0.2, -0.15) is 0 Å². The Hall–Kier alpha value is -3.32. The molecular weight excluding hydrogens is 374 g/mol. The van der Waals surface area contributed by atoms with Crippen LogP contribution in [0.1, 0.15) is 5.69 Å². The molecule has 0 aliphatic rings. The molecule has 6 nitrogen and oxygen atoms in total. The van der Waals surface area contributed by atoms with Crippen LogP contribution in [-0.4, -0.2) is 25.9 Å². The van der Waals surface area contributed by atoms with Crippen molar-refractivity contribution in [3.63, 3.8) is 0 Å². The van der Waals surface area contributed by atoms with Gasteiger partial charge in [0, 0.05) is 12.3 Å². The Bertz CT molecular complexity index is 1220. The summed E-state index contributed by atoms with van der Waals surface area (Å²) >= 11 is 0. The summed E-state index contributed by atoms with van der Waals surface area (Å²) in [4.78, 5) is 22.0. The quantitative estimate of drug-likeness (QED) is 0.489. The van der Waals surface area contributed by atoms with E-state index in [-0.39, 0.29) is 16.5 Å². The van der Waals surface area contributed by atoms with Gasteiger partial charge in [0.15, 0.2) is 0 Å². The van der Waals surface area contributed by atoms with E-state index in [2.05, 4.69) is 9.97 Å². The average molecular weight is 391 g/mol. The zero-order valence-electron chi connectivity index (χ0n) is 15.1. The molecule has 0 spiro atoms. The monoisotopic (exact) mass is 391 g/mol. The third-order valence-corrected chi connectivity index (χ3v) is 5.50. The number of pyridine rings is 1. The summed E-state index contributed by atoms with van der Waals surface area (Å²) in [7, 11) is -0.0165. The van der Waals surface area contributed by atoms with Crippen molar-refractivity contribution in [1.29, 1.82) is 0 Å². The number of aromatic nitrogens is 3. The number of para-hydroxylation sites is 1. The first kappa shape index (κ1) is 18.1. The third kappa shape index (κ3) is 3.44. The number of benzene rings is 2. The van der Waals surface area contributed by atoms with Crippen molar-refractivity contribution in [3.05, 3.63) is 89.0 Å². The van der Waals surface area contributed by atoms with E-state index in [4.69, 9.17) is 4.74 Å². The molecule has 1 atom stereocenters. The lowest BCUT2D eigenvalue weighted by Gasteiger charge is -2.14. The van der Waals surface area contributed by atoms with Crippen molar-refractivity contribution in [2.75, 3.05) is 7.11 Å². The van der Waals surface area contributed by atoms with Crippen LogP contribution in [0, 0.1) is 0 Å². The molecular formula is C21H17N3O3S. The maximum absolute atomic E-state index is 13.2. The molecule has 0 radical (unpaired) electrons. The van der Waals surface area contributed by atoms with Crippen LogP contribution in [0.2, 0.25) is 0 Å². The predicted molar refractivity (Wildman–Crippen MR) is 108 cm³/mol. The third-order valence-electron chi connectivity index (χ3n) is 4.27. The van der Waals surface area contributed by atoms with Gasteiger partial charge in [-0.15, -0.1) is 0 Å². The molecule has 0 aliphatic carbocycles. The molecule has 0 amide bonds. The van der Waals surface area contributed by atoms with Gasteiger partial charge in [0.05, 0.1) is 45.9 Å². The SMILES string of the molecule is COc1cccc(-n2c(S(=O)Cc3ccccn3)nc3ccccc3c2=O)c1. The summed E-state index contributed by atoms with van der Waals surface area (Å²) in [6.45, 7) is 0. The summed E-state index contributed by atoms with van der Waals surface area (Å²) in [6.07, 6.45) is 1.65. The van der Waals surface area contributed by atoms with Crippen LogP contribution in [0.4, 0.5) is 0 Å². The van der Waals surface area contributed by atoms with Crippen LogP contribution in [-0.2, 0) is 16.6 Å². The Balaban J connectivity index is 1.93. The lowest BCUT2D eigenvalue weighted by Crippen LogP contribution is -2.25. The van der Waals surface area contributed by atoms with Gasteiger partial charge in [0.1, 0.15) is 5.75 Å². The molecule has 1 unspecified atom stereocenters. The van der Waals surface area contributed by atoms with Crippen molar-refractivity contribution < 1.29 is 8.95 Å². The predicted octanol–water partition coefficient (Wildman–Crippen LogP) is 3.10. The normalized spacial score (nSPS) is 12.0. The highest BCUT2D eigenvalue weighted by molar-refractivity contribution is 7.84. The maximum atomic E-state index is 13.2. The number of hydrogen-bond donors (Lipinski definition) is 0. The summed E-state index contributed by atoms with van der Waals surface area (Å²) in [5.41, 5.74) is 1.45. The van der Waals surface area contributed by atoms with E-state index in [1.807, 2.05) is 6.07 Å². The highest BCUT2D eigenvalue weighted by Crippen LogP contribution is 2.20. The van der Waals surface area contributed by atoms with E-state index in [0.717, 1.165) is 0 Å². The van der Waals surface area contributed by atoms with E-state index < -0.39 is 10.8 Å². The Morgan fingerprint density at radius 3 is 2.64 bits per heavy atom. The largest absolute Gasteiger partial charge is 0.497 e. The molecule has 0 bridgehead atoms. The minimum Gasteiger partial charge on any atom is -0.497 e. The standard InChI is InChI=1S/C21H17N3O3S/c1-27-17-9-6-8-16(13-17)24-20(25)18-10-2-3-11-19(18)23-21(24)28(26)14-15-7-4-5-12-22-15/h2-13H,14H2,1H3. The smallest absolute Gasteiger partial charge is 0.266 e. The Labute approximate surface area is 163 Å². The van der Waals surface area contributed by atoms with Crippen LogP contribution in [0.5, 0.6) is 5.75 Å². The van der Waals surface area contributed by atoms with Crippen molar-refractivity contribution in [1.82, 2.24) is 14.5 Å². The first-order valence-corrected chi connectivity index (χ1v) is 9.94. The molecule has 0 N–H and O–H groups in total. The Morgan fingerprint density at radius 2 is 1.86 bits per heavy atom. The van der Waals surface area contributed by atoms with Crippen LogP contribution < -0.4 is 10.3 Å². The number of hydrogen-bond acceptors (Lipinski definition) is 5. The van der Waals surface area contributed by atoms with Gasteiger partial charge >= 0.3 is 0 Å². The lowest BCUT2D eigenvalue weighted by molar-refractivity contribution is 0.414. The molecule has 28 heavy (non-hydrogen) atoms. The molecule has 0 saturated carbocycles. The van der Waals surface area contributed by atoms with E-state index in [9.17, 15) is 9.00 Å². The van der Waals surface area contributed by atoms with Crippen molar-refractivity contribution in [2.24, 2.45) is 0 Å². The summed E-state index contributed by atoms with van der Waals surface area (Å²) in [5, 5.41) is 0.645. The fourth-order valence-electron chi connectivity index (χ4n) is 2.92. The molecule has 2 aromatic heterocycles. The number of rotatable bonds is 5. The van der Waals surface area contributed by atoms with Crippen LogP contribution >= 0.6 is 0 Å². The number of nitrogens with zero attached hydrogens (tertiary/aromatic N) is 3. The molecule has 2 aromatic carbocycles. The second-order valence-corrected chi connectivity index (χ2v) is 7.41. The highest BCUT2D eigenvalue weighted by Gasteiger charge is 2.18. The van der Waals surface area contributed by atoms with Gasteiger partial charge < -0.3 is 4.74 Å². The first-order chi connectivity index (χ1) is 13.7. The Kier molecular flexibility index (Phi) is 4.99. The molecule has 0 saturated heterocycles. The van der Waals surface area contributed by atoms with Gasteiger partial charge in [-0.05, 0) is 36.4 Å². The summed E-state index contributed by atoms with van der Waals surface area (Å²) in [5.74, 6) is 0.759. The average Bonchev–Trinajstić information content (AvgIpc) is 2.74. The van der Waals surface area contributed by atoms with Crippen molar-refractivity contribution >= 4 is 21.7 Å².